The molecule has 1 aromatic heterocycles. The Morgan fingerprint density at radius 1 is 1.16 bits per heavy atom. The fourth-order valence-corrected chi connectivity index (χ4v) is 2.06. The van der Waals surface area contributed by atoms with Gasteiger partial charge in [0.05, 0.1) is 6.07 Å². The monoisotopic (exact) mass is 335 g/mol. The first-order valence-electron chi connectivity index (χ1n) is 4.92. The highest BCUT2D eigenvalue weighted by atomic mass is 79.9. The largest absolute Gasteiger partial charge is 0.433 e. The molecule has 100 valence electrons. The van der Waals surface area contributed by atoms with Crippen LogP contribution in [0.4, 0.5) is 19.1 Å². The van der Waals surface area contributed by atoms with E-state index in [1.54, 1.807) is 0 Å². The van der Waals surface area contributed by atoms with Crippen LogP contribution in [-0.2, 0) is 0 Å². The first-order valence-corrected chi connectivity index (χ1v) is 5.84. The van der Waals surface area contributed by atoms with Crippen LogP contribution in [0.25, 0.3) is 0 Å². The number of alkyl halides is 1. The van der Waals surface area contributed by atoms with E-state index in [2.05, 4.69) is 15.9 Å². The Balaban J connectivity index is 2.40. The molecular formula is C11H5BrF3NO3. The molecule has 0 bridgehead atoms. The predicted octanol–water partition coefficient (Wildman–Crippen LogP) is 4.09. The number of furan rings is 1. The molecule has 0 fully saturated rings. The third-order valence-electron chi connectivity index (χ3n) is 2.35. The van der Waals surface area contributed by atoms with Gasteiger partial charge in [-0.05, 0) is 12.1 Å². The number of hydrogen-bond donors (Lipinski definition) is 0. The second-order valence-corrected chi connectivity index (χ2v) is 4.50. The summed E-state index contributed by atoms with van der Waals surface area (Å²) < 4.78 is 44.2. The average Bonchev–Trinajstić information content (AvgIpc) is 2.82. The molecular weight excluding hydrogens is 331 g/mol. The number of halogens is 4. The molecule has 0 radical (unpaired) electrons. The number of rotatable bonds is 3. The van der Waals surface area contributed by atoms with E-state index < -0.39 is 33.1 Å². The van der Waals surface area contributed by atoms with E-state index in [9.17, 15) is 23.3 Å². The van der Waals surface area contributed by atoms with Crippen LogP contribution >= 0.6 is 15.9 Å². The van der Waals surface area contributed by atoms with Gasteiger partial charge in [-0.25, -0.2) is 13.2 Å². The van der Waals surface area contributed by atoms with Crippen molar-refractivity contribution < 1.29 is 22.5 Å². The minimum atomic E-state index is -1.31. The molecule has 8 heteroatoms. The van der Waals surface area contributed by atoms with Crippen molar-refractivity contribution in [3.63, 3.8) is 0 Å². The molecule has 4 nitrogen and oxygen atoms in total. The highest BCUT2D eigenvalue weighted by Gasteiger charge is 2.23. The molecule has 2 aromatic rings. The van der Waals surface area contributed by atoms with Crippen LogP contribution in [0.3, 0.4) is 0 Å². The lowest BCUT2D eigenvalue weighted by molar-refractivity contribution is -0.402. The Hall–Kier alpha value is -1.83. The van der Waals surface area contributed by atoms with Crippen LogP contribution in [0, 0.1) is 27.6 Å². The van der Waals surface area contributed by atoms with Crippen molar-refractivity contribution in [3.05, 3.63) is 63.2 Å². The topological polar surface area (TPSA) is 56.3 Å². The van der Waals surface area contributed by atoms with Crippen molar-refractivity contribution in [1.82, 2.24) is 0 Å². The third kappa shape index (κ3) is 2.62. The van der Waals surface area contributed by atoms with Crippen molar-refractivity contribution in [2.24, 2.45) is 0 Å². The van der Waals surface area contributed by atoms with E-state index in [0.29, 0.717) is 12.1 Å². The molecule has 0 amide bonds. The van der Waals surface area contributed by atoms with E-state index in [1.807, 2.05) is 0 Å². The lowest BCUT2D eigenvalue weighted by atomic mass is 10.1. The van der Waals surface area contributed by atoms with Crippen LogP contribution in [0.1, 0.15) is 16.2 Å². The molecule has 0 aliphatic rings. The Labute approximate surface area is 113 Å². The van der Waals surface area contributed by atoms with E-state index in [1.165, 1.54) is 6.07 Å². The standard InChI is InChI=1S/C11H5BrF3NO3/c12-11(9-1-2-10(19-9)16(17)18)5-3-7(14)8(15)4-6(5)13/h1-4,11H. The molecule has 1 aromatic carbocycles. The first-order chi connectivity index (χ1) is 8.90. The Kier molecular flexibility index (Phi) is 3.61. The maximum absolute atomic E-state index is 13.5. The van der Waals surface area contributed by atoms with Crippen molar-refractivity contribution in [2.45, 2.75) is 4.83 Å². The smallest absolute Gasteiger partial charge is 0.404 e. The van der Waals surface area contributed by atoms with Crippen LogP contribution in [0.2, 0.25) is 0 Å². The molecule has 0 aliphatic heterocycles. The van der Waals surface area contributed by atoms with E-state index in [4.69, 9.17) is 4.42 Å². The molecule has 0 spiro atoms. The highest BCUT2D eigenvalue weighted by molar-refractivity contribution is 9.09. The van der Waals surface area contributed by atoms with Gasteiger partial charge in [-0.3, -0.25) is 10.1 Å². The molecule has 0 saturated carbocycles. The zero-order valence-electron chi connectivity index (χ0n) is 9.07. The van der Waals surface area contributed by atoms with Crippen molar-refractivity contribution in [1.29, 1.82) is 0 Å². The molecule has 0 aliphatic carbocycles. The summed E-state index contributed by atoms with van der Waals surface area (Å²) in [5, 5.41) is 10.5. The zero-order valence-corrected chi connectivity index (χ0v) is 10.7. The predicted molar refractivity (Wildman–Crippen MR) is 62.4 cm³/mol. The maximum Gasteiger partial charge on any atom is 0.433 e. The normalized spacial score (nSPS) is 12.4. The summed E-state index contributed by atoms with van der Waals surface area (Å²) in [5.74, 6) is -4.04. The molecule has 0 N–H and O–H groups in total. The fourth-order valence-electron chi connectivity index (χ4n) is 1.46. The van der Waals surface area contributed by atoms with Crippen molar-refractivity contribution >= 4 is 21.8 Å². The first kappa shape index (κ1) is 13.6. The summed E-state index contributed by atoms with van der Waals surface area (Å²) in [7, 11) is 0. The van der Waals surface area contributed by atoms with Gasteiger partial charge in [0, 0.05) is 11.6 Å². The van der Waals surface area contributed by atoms with Crippen LogP contribution in [0.5, 0.6) is 0 Å². The second kappa shape index (κ2) is 5.04. The minimum absolute atomic E-state index is 0.0107. The van der Waals surface area contributed by atoms with Crippen LogP contribution in [0.15, 0.2) is 28.7 Å². The summed E-state index contributed by atoms with van der Waals surface area (Å²) in [5.41, 5.74) is -0.219. The summed E-state index contributed by atoms with van der Waals surface area (Å²) in [4.78, 5) is 8.73. The summed E-state index contributed by atoms with van der Waals surface area (Å²) in [6.45, 7) is 0. The summed E-state index contributed by atoms with van der Waals surface area (Å²) in [6.07, 6.45) is 0. The zero-order chi connectivity index (χ0) is 14.2. The van der Waals surface area contributed by atoms with Crippen LogP contribution in [-0.4, -0.2) is 4.92 Å². The van der Waals surface area contributed by atoms with Gasteiger partial charge < -0.3 is 4.42 Å². The highest BCUT2D eigenvalue weighted by Crippen LogP contribution is 2.35. The quantitative estimate of drug-likeness (QED) is 0.367. The van der Waals surface area contributed by atoms with Gasteiger partial charge in [-0.1, -0.05) is 15.9 Å². The lowest BCUT2D eigenvalue weighted by Gasteiger charge is -2.08. The van der Waals surface area contributed by atoms with Gasteiger partial charge >= 0.3 is 5.88 Å². The summed E-state index contributed by atoms with van der Waals surface area (Å²) >= 11 is 3.02. The van der Waals surface area contributed by atoms with Gasteiger partial charge in [0.1, 0.15) is 21.3 Å². The van der Waals surface area contributed by atoms with Gasteiger partial charge in [0.2, 0.25) is 0 Å². The fraction of sp³-hybridized carbons (Fsp3) is 0.0909. The second-order valence-electron chi connectivity index (χ2n) is 3.58. The van der Waals surface area contributed by atoms with E-state index in [0.717, 1.165) is 6.07 Å². The van der Waals surface area contributed by atoms with E-state index >= 15 is 0 Å². The van der Waals surface area contributed by atoms with Gasteiger partial charge in [-0.2, -0.15) is 0 Å². The average molecular weight is 336 g/mol. The SMILES string of the molecule is O=[N+]([O-])c1ccc(C(Br)c2cc(F)c(F)cc2F)o1. The van der Waals surface area contributed by atoms with Crippen LogP contribution < -0.4 is 0 Å². The molecule has 0 saturated heterocycles. The van der Waals surface area contributed by atoms with Crippen molar-refractivity contribution in [3.8, 4) is 0 Å². The van der Waals surface area contributed by atoms with Gasteiger partial charge in [0.25, 0.3) is 0 Å². The number of hydrogen-bond acceptors (Lipinski definition) is 3. The number of nitro groups is 1. The lowest BCUT2D eigenvalue weighted by Crippen LogP contribution is -1.99. The molecule has 1 heterocycles. The Bertz CT molecular complexity index is 644. The molecule has 1 unspecified atom stereocenters. The summed E-state index contributed by atoms with van der Waals surface area (Å²) in [6, 6.07) is 3.40. The molecule has 1 atom stereocenters. The van der Waals surface area contributed by atoms with Crippen molar-refractivity contribution in [2.75, 3.05) is 0 Å². The Morgan fingerprint density at radius 2 is 1.79 bits per heavy atom. The molecule has 2 rings (SSSR count). The number of benzene rings is 1. The minimum Gasteiger partial charge on any atom is -0.404 e. The van der Waals surface area contributed by atoms with E-state index in [-0.39, 0.29) is 11.3 Å². The maximum atomic E-state index is 13.5. The molecule has 19 heavy (non-hydrogen) atoms. The van der Waals surface area contributed by atoms with Gasteiger partial charge in [-0.15, -0.1) is 0 Å². The van der Waals surface area contributed by atoms with Gasteiger partial charge in [0.15, 0.2) is 11.6 Å². The Morgan fingerprint density at radius 3 is 2.37 bits per heavy atom. The number of nitrogens with zero attached hydrogens (tertiary/aromatic N) is 1. The third-order valence-corrected chi connectivity index (χ3v) is 3.30.